The number of aryl methyl sites for hydroxylation is 3. The lowest BCUT2D eigenvalue weighted by Crippen LogP contribution is -2.24. The van der Waals surface area contributed by atoms with Gasteiger partial charge in [0.25, 0.3) is 11.5 Å². The van der Waals surface area contributed by atoms with Crippen molar-refractivity contribution in [2.24, 2.45) is 5.10 Å². The Bertz CT molecular complexity index is 1400. The highest BCUT2D eigenvalue weighted by molar-refractivity contribution is 6.02. The average molecular weight is 429 g/mol. The van der Waals surface area contributed by atoms with Crippen molar-refractivity contribution in [3.8, 4) is 11.6 Å². The molecular weight excluding hydrogens is 406 g/mol. The summed E-state index contributed by atoms with van der Waals surface area (Å²) in [5.74, 6) is -0.614. The minimum atomic E-state index is -0.358. The van der Waals surface area contributed by atoms with Crippen LogP contribution >= 0.6 is 0 Å². The van der Waals surface area contributed by atoms with E-state index in [1.165, 1.54) is 10.8 Å². The van der Waals surface area contributed by atoms with Crippen LogP contribution in [0.2, 0.25) is 0 Å². The molecule has 2 aromatic heterocycles. The molecule has 4 rings (SSSR count). The molecule has 2 N–H and O–H groups in total. The van der Waals surface area contributed by atoms with Gasteiger partial charge in [-0.15, -0.1) is 0 Å². The molecule has 8 heteroatoms. The van der Waals surface area contributed by atoms with Gasteiger partial charge in [0.05, 0.1) is 23.2 Å². The molecule has 0 bridgehead atoms. The second kappa shape index (κ2) is 8.50. The Morgan fingerprint density at radius 3 is 2.44 bits per heavy atom. The number of pyridine rings is 1. The summed E-state index contributed by atoms with van der Waals surface area (Å²) in [6.07, 6.45) is 1.35. The molecule has 0 aliphatic heterocycles. The molecule has 1 amide bonds. The summed E-state index contributed by atoms with van der Waals surface area (Å²) in [5, 5.41) is 20.2. The molecule has 0 saturated heterocycles. The molecule has 0 unspecified atom stereocenters. The van der Waals surface area contributed by atoms with Crippen LogP contribution in [-0.2, 0) is 11.3 Å². The molecule has 0 aliphatic carbocycles. The van der Waals surface area contributed by atoms with Crippen molar-refractivity contribution in [3.05, 3.63) is 87.5 Å². The van der Waals surface area contributed by atoms with Gasteiger partial charge in [-0.1, -0.05) is 35.9 Å². The van der Waals surface area contributed by atoms with E-state index in [1.54, 1.807) is 41.1 Å². The number of aromatic hydroxyl groups is 1. The molecule has 0 spiro atoms. The van der Waals surface area contributed by atoms with Crippen LogP contribution in [0.4, 0.5) is 0 Å². The summed E-state index contributed by atoms with van der Waals surface area (Å²) in [6.45, 7) is 5.69. The number of carbonyl (C=O) groups excluding carboxylic acids is 1. The molecule has 8 nitrogen and oxygen atoms in total. The minimum Gasteiger partial charge on any atom is -0.494 e. The van der Waals surface area contributed by atoms with E-state index in [-0.39, 0.29) is 23.9 Å². The van der Waals surface area contributed by atoms with Crippen LogP contribution in [0.3, 0.4) is 0 Å². The second-order valence-corrected chi connectivity index (χ2v) is 7.64. The predicted octanol–water partition coefficient (Wildman–Crippen LogP) is 2.97. The van der Waals surface area contributed by atoms with Crippen molar-refractivity contribution in [1.82, 2.24) is 19.8 Å². The number of rotatable bonds is 5. The van der Waals surface area contributed by atoms with E-state index >= 15 is 0 Å². The van der Waals surface area contributed by atoms with Gasteiger partial charge in [0.15, 0.2) is 0 Å². The predicted molar refractivity (Wildman–Crippen MR) is 123 cm³/mol. The third-order valence-corrected chi connectivity index (χ3v) is 5.18. The van der Waals surface area contributed by atoms with Gasteiger partial charge in [0.1, 0.15) is 6.54 Å². The molecule has 0 radical (unpaired) electrons. The Labute approximate surface area is 184 Å². The Hall–Kier alpha value is -4.20. The number of hydrazone groups is 1. The maximum absolute atomic E-state index is 13.1. The fourth-order valence-corrected chi connectivity index (χ4v) is 3.60. The van der Waals surface area contributed by atoms with Gasteiger partial charge in [-0.2, -0.15) is 10.2 Å². The lowest BCUT2D eigenvalue weighted by atomic mass is 10.1. The van der Waals surface area contributed by atoms with Gasteiger partial charge in [0, 0.05) is 16.5 Å². The Morgan fingerprint density at radius 2 is 1.78 bits per heavy atom. The molecule has 2 heterocycles. The fraction of sp³-hybridized carbons (Fsp3) is 0.167. The third kappa shape index (κ3) is 4.02. The quantitative estimate of drug-likeness (QED) is 0.376. The van der Waals surface area contributed by atoms with Gasteiger partial charge in [-0.3, -0.25) is 14.3 Å². The number of hydrogen-bond acceptors (Lipinski definition) is 5. The average Bonchev–Trinajstić information content (AvgIpc) is 3.08. The first kappa shape index (κ1) is 21.0. The fourth-order valence-electron chi connectivity index (χ4n) is 3.60. The van der Waals surface area contributed by atoms with E-state index in [0.717, 1.165) is 17.0 Å². The second-order valence-electron chi connectivity index (χ2n) is 7.64. The summed E-state index contributed by atoms with van der Waals surface area (Å²) >= 11 is 0. The van der Waals surface area contributed by atoms with Crippen molar-refractivity contribution in [2.45, 2.75) is 27.3 Å². The van der Waals surface area contributed by atoms with E-state index < -0.39 is 0 Å². The highest BCUT2D eigenvalue weighted by Crippen LogP contribution is 2.25. The molecule has 0 saturated carbocycles. The van der Waals surface area contributed by atoms with E-state index in [4.69, 9.17) is 0 Å². The van der Waals surface area contributed by atoms with Gasteiger partial charge in [0.2, 0.25) is 5.88 Å². The van der Waals surface area contributed by atoms with Crippen molar-refractivity contribution < 1.29 is 9.90 Å². The number of nitrogens with zero attached hydrogens (tertiary/aromatic N) is 4. The molecule has 0 atom stereocenters. The highest BCUT2D eigenvalue weighted by Gasteiger charge is 2.16. The first-order chi connectivity index (χ1) is 15.3. The standard InChI is InChI=1S/C24H23N5O3/c1-15-8-10-18(11-9-15)29-23(31)20-7-5-4-6-19(20)21(24(29)32)13-25-26-22(30)14-28-17(3)12-16(2)27-28/h4-13,32H,14H2,1-3H3,(H,26,30)/b25-13+. The smallest absolute Gasteiger partial charge is 0.265 e. The van der Waals surface area contributed by atoms with E-state index in [2.05, 4.69) is 15.6 Å². The number of hydrogen-bond donors (Lipinski definition) is 2. The lowest BCUT2D eigenvalue weighted by Gasteiger charge is -2.14. The summed E-state index contributed by atoms with van der Waals surface area (Å²) in [5.41, 5.74) is 5.72. The maximum Gasteiger partial charge on any atom is 0.265 e. The normalized spacial score (nSPS) is 11.3. The van der Waals surface area contributed by atoms with E-state index in [9.17, 15) is 14.7 Å². The summed E-state index contributed by atoms with van der Waals surface area (Å²) in [7, 11) is 0. The van der Waals surface area contributed by atoms with Gasteiger partial charge >= 0.3 is 0 Å². The van der Waals surface area contributed by atoms with Crippen LogP contribution in [0.5, 0.6) is 5.88 Å². The molecule has 0 aliphatic rings. The van der Waals surface area contributed by atoms with Crippen LogP contribution in [-0.4, -0.2) is 31.6 Å². The van der Waals surface area contributed by atoms with Crippen molar-refractivity contribution >= 4 is 22.9 Å². The SMILES string of the molecule is Cc1ccc(-n2c(O)c(/C=N/NC(=O)Cn3nc(C)cc3C)c3ccccc3c2=O)cc1. The van der Waals surface area contributed by atoms with E-state index in [1.807, 2.05) is 39.0 Å². The van der Waals surface area contributed by atoms with Gasteiger partial charge < -0.3 is 5.11 Å². The Balaban J connectivity index is 1.70. The molecular formula is C24H23N5O3. The van der Waals surface area contributed by atoms with Crippen LogP contribution in [0.25, 0.3) is 16.5 Å². The first-order valence-electron chi connectivity index (χ1n) is 10.1. The number of amides is 1. The number of benzene rings is 2. The maximum atomic E-state index is 13.1. The monoisotopic (exact) mass is 429 g/mol. The van der Waals surface area contributed by atoms with Crippen molar-refractivity contribution in [1.29, 1.82) is 0 Å². The van der Waals surface area contributed by atoms with E-state index in [0.29, 0.717) is 22.0 Å². The van der Waals surface area contributed by atoms with Crippen LogP contribution in [0.15, 0.2) is 64.5 Å². The zero-order valence-electron chi connectivity index (χ0n) is 18.0. The zero-order chi connectivity index (χ0) is 22.8. The molecule has 2 aromatic carbocycles. The Morgan fingerprint density at radius 1 is 1.09 bits per heavy atom. The van der Waals surface area contributed by atoms with Crippen LogP contribution in [0.1, 0.15) is 22.5 Å². The van der Waals surface area contributed by atoms with Crippen molar-refractivity contribution in [2.75, 3.05) is 0 Å². The molecule has 32 heavy (non-hydrogen) atoms. The summed E-state index contributed by atoms with van der Waals surface area (Å²) in [4.78, 5) is 25.4. The third-order valence-electron chi connectivity index (χ3n) is 5.18. The summed E-state index contributed by atoms with van der Waals surface area (Å²) < 4.78 is 2.82. The lowest BCUT2D eigenvalue weighted by molar-refractivity contribution is -0.121. The number of fused-ring (bicyclic) bond motifs is 1. The number of carbonyl (C=O) groups is 1. The first-order valence-corrected chi connectivity index (χ1v) is 10.1. The molecule has 4 aromatic rings. The van der Waals surface area contributed by atoms with Gasteiger partial charge in [-0.25, -0.2) is 9.99 Å². The topological polar surface area (TPSA) is 102 Å². The van der Waals surface area contributed by atoms with Crippen LogP contribution < -0.4 is 11.0 Å². The van der Waals surface area contributed by atoms with Crippen LogP contribution in [0, 0.1) is 20.8 Å². The zero-order valence-corrected chi connectivity index (χ0v) is 18.0. The number of aromatic nitrogens is 3. The largest absolute Gasteiger partial charge is 0.494 e. The summed E-state index contributed by atoms with van der Waals surface area (Å²) in [6, 6.07) is 16.1. The Kier molecular flexibility index (Phi) is 5.59. The van der Waals surface area contributed by atoms with Crippen molar-refractivity contribution in [3.63, 3.8) is 0 Å². The minimum absolute atomic E-state index is 0.0204. The van der Waals surface area contributed by atoms with Gasteiger partial charge in [-0.05, 0) is 45.0 Å². The molecule has 162 valence electrons. The molecule has 0 fully saturated rings. The number of nitrogens with one attached hydrogen (secondary N) is 1. The highest BCUT2D eigenvalue weighted by atomic mass is 16.3.